The Kier molecular flexibility index (Phi) is 4.03. The van der Waals surface area contributed by atoms with Gasteiger partial charge in [0.05, 0.1) is 6.20 Å². The summed E-state index contributed by atoms with van der Waals surface area (Å²) >= 11 is 8.12. The molecule has 1 fully saturated rings. The molecule has 0 unspecified atom stereocenters. The molecule has 6 heteroatoms. The Bertz CT molecular complexity index is 651. The van der Waals surface area contributed by atoms with Crippen LogP contribution in [0.3, 0.4) is 0 Å². The fourth-order valence-corrected chi connectivity index (χ4v) is 4.68. The molecule has 22 heavy (non-hydrogen) atoms. The molecule has 0 spiro atoms. The summed E-state index contributed by atoms with van der Waals surface area (Å²) in [4.78, 5) is 14.8. The summed E-state index contributed by atoms with van der Waals surface area (Å²) in [7, 11) is 0. The second-order valence-corrected chi connectivity index (χ2v) is 7.41. The summed E-state index contributed by atoms with van der Waals surface area (Å²) in [5.74, 6) is 0.883. The summed E-state index contributed by atoms with van der Waals surface area (Å²) in [5, 5.41) is 2.88. The summed E-state index contributed by atoms with van der Waals surface area (Å²) in [6, 6.07) is 2.98. The van der Waals surface area contributed by atoms with E-state index >= 15 is 0 Å². The Balaban J connectivity index is 1.39. The van der Waals surface area contributed by atoms with E-state index in [1.165, 1.54) is 31.4 Å². The number of fused-ring (bicyclic) bond motifs is 1. The topological polar surface area (TPSA) is 32.3 Å². The first-order valence-electron chi connectivity index (χ1n) is 7.81. The number of hydrogen-bond donors (Lipinski definition) is 0. The van der Waals surface area contributed by atoms with E-state index in [0.717, 1.165) is 25.5 Å². The molecule has 2 aromatic heterocycles. The lowest BCUT2D eigenvalue weighted by molar-refractivity contribution is 0.154. The maximum Gasteiger partial charge on any atom is 0.150 e. The van der Waals surface area contributed by atoms with Gasteiger partial charge in [-0.2, -0.15) is 0 Å². The largest absolute Gasteiger partial charge is 0.355 e. The van der Waals surface area contributed by atoms with Gasteiger partial charge in [-0.05, 0) is 36.3 Å². The lowest BCUT2D eigenvalue weighted by Gasteiger charge is -2.40. The second-order valence-electron chi connectivity index (χ2n) is 6.00. The average Bonchev–Trinajstić information content (AvgIpc) is 3.03. The fourth-order valence-electron chi connectivity index (χ4n) is 3.56. The van der Waals surface area contributed by atoms with Crippen molar-refractivity contribution in [2.75, 3.05) is 24.5 Å². The molecular weight excluding hydrogens is 316 g/mol. The third-order valence-electron chi connectivity index (χ3n) is 4.77. The molecule has 0 amide bonds. The standard InChI is InChI=1S/C16H19ClN4S/c17-14-9-18-11-19-16(14)20-5-1-13(2-6-20)21-7-3-15-12(10-21)4-8-22-15/h4,8-9,11,13H,1-3,5-7,10H2. The van der Waals surface area contributed by atoms with E-state index in [4.69, 9.17) is 11.6 Å². The van der Waals surface area contributed by atoms with Crippen LogP contribution in [0, 0.1) is 0 Å². The zero-order valence-corrected chi connectivity index (χ0v) is 14.0. The summed E-state index contributed by atoms with van der Waals surface area (Å²) in [5.41, 5.74) is 1.54. The molecule has 4 heterocycles. The van der Waals surface area contributed by atoms with Gasteiger partial charge in [0.25, 0.3) is 0 Å². The van der Waals surface area contributed by atoms with E-state index in [1.807, 2.05) is 11.3 Å². The first-order chi connectivity index (χ1) is 10.8. The van der Waals surface area contributed by atoms with Gasteiger partial charge in [0.2, 0.25) is 0 Å². The Hall–Kier alpha value is -1.17. The lowest BCUT2D eigenvalue weighted by atomic mass is 9.99. The van der Waals surface area contributed by atoms with Crippen molar-refractivity contribution in [3.8, 4) is 0 Å². The third kappa shape index (κ3) is 2.73. The average molecular weight is 335 g/mol. The van der Waals surface area contributed by atoms with Crippen LogP contribution in [-0.4, -0.2) is 40.5 Å². The van der Waals surface area contributed by atoms with Gasteiger partial charge in [-0.15, -0.1) is 11.3 Å². The SMILES string of the molecule is Clc1cncnc1N1CCC(N2CCc3sccc3C2)CC1. The maximum atomic E-state index is 6.21. The van der Waals surface area contributed by atoms with Crippen LogP contribution >= 0.6 is 22.9 Å². The van der Waals surface area contributed by atoms with Gasteiger partial charge in [0, 0.05) is 37.1 Å². The third-order valence-corrected chi connectivity index (χ3v) is 6.06. The molecule has 4 rings (SSSR count). The second kappa shape index (κ2) is 6.14. The molecule has 2 aromatic rings. The summed E-state index contributed by atoms with van der Waals surface area (Å²) in [6.45, 7) is 4.37. The fraction of sp³-hybridized carbons (Fsp3) is 0.500. The first kappa shape index (κ1) is 14.4. The monoisotopic (exact) mass is 334 g/mol. The molecule has 0 aromatic carbocycles. The maximum absolute atomic E-state index is 6.21. The number of thiophene rings is 1. The van der Waals surface area contributed by atoms with Crippen molar-refractivity contribution < 1.29 is 0 Å². The van der Waals surface area contributed by atoms with Crippen molar-refractivity contribution in [2.45, 2.75) is 31.8 Å². The van der Waals surface area contributed by atoms with E-state index in [2.05, 4.69) is 31.2 Å². The van der Waals surface area contributed by atoms with Crippen molar-refractivity contribution in [3.63, 3.8) is 0 Å². The highest BCUT2D eigenvalue weighted by Crippen LogP contribution is 2.30. The lowest BCUT2D eigenvalue weighted by Crippen LogP contribution is -2.46. The van der Waals surface area contributed by atoms with Gasteiger partial charge < -0.3 is 4.90 Å². The van der Waals surface area contributed by atoms with E-state index < -0.39 is 0 Å². The minimum Gasteiger partial charge on any atom is -0.355 e. The molecule has 0 atom stereocenters. The highest BCUT2D eigenvalue weighted by atomic mass is 35.5. The van der Waals surface area contributed by atoms with Gasteiger partial charge in [-0.3, -0.25) is 4.90 Å². The highest BCUT2D eigenvalue weighted by molar-refractivity contribution is 7.10. The zero-order valence-electron chi connectivity index (χ0n) is 12.4. The molecular formula is C16H19ClN4S. The molecule has 0 radical (unpaired) electrons. The summed E-state index contributed by atoms with van der Waals surface area (Å²) in [6.07, 6.45) is 6.83. The quantitative estimate of drug-likeness (QED) is 0.844. The Morgan fingerprint density at radius 2 is 2.09 bits per heavy atom. The molecule has 2 aliphatic heterocycles. The van der Waals surface area contributed by atoms with Crippen LogP contribution in [0.5, 0.6) is 0 Å². The van der Waals surface area contributed by atoms with E-state index in [1.54, 1.807) is 17.4 Å². The van der Waals surface area contributed by atoms with Crippen LogP contribution in [0.4, 0.5) is 5.82 Å². The Morgan fingerprint density at radius 1 is 1.23 bits per heavy atom. The van der Waals surface area contributed by atoms with Gasteiger partial charge in [0.1, 0.15) is 11.3 Å². The van der Waals surface area contributed by atoms with Crippen LogP contribution in [0.15, 0.2) is 24.0 Å². The molecule has 0 saturated carbocycles. The summed E-state index contributed by atoms with van der Waals surface area (Å²) < 4.78 is 0. The molecule has 116 valence electrons. The van der Waals surface area contributed by atoms with E-state index in [-0.39, 0.29) is 0 Å². The highest BCUT2D eigenvalue weighted by Gasteiger charge is 2.28. The number of nitrogens with zero attached hydrogens (tertiary/aromatic N) is 4. The Labute approximate surface area is 139 Å². The first-order valence-corrected chi connectivity index (χ1v) is 9.07. The van der Waals surface area contributed by atoms with Gasteiger partial charge in [-0.1, -0.05) is 11.6 Å². The molecule has 2 aliphatic rings. The number of rotatable bonds is 2. The Morgan fingerprint density at radius 3 is 2.91 bits per heavy atom. The molecule has 0 N–H and O–H groups in total. The predicted octanol–water partition coefficient (Wildman–Crippen LogP) is 3.22. The van der Waals surface area contributed by atoms with Gasteiger partial charge in [-0.25, -0.2) is 9.97 Å². The van der Waals surface area contributed by atoms with E-state index in [0.29, 0.717) is 11.1 Å². The van der Waals surface area contributed by atoms with Crippen LogP contribution in [0.2, 0.25) is 5.02 Å². The zero-order chi connectivity index (χ0) is 14.9. The van der Waals surface area contributed by atoms with Gasteiger partial charge >= 0.3 is 0 Å². The predicted molar refractivity (Wildman–Crippen MR) is 90.7 cm³/mol. The number of piperidine rings is 1. The minimum absolute atomic E-state index is 0.654. The number of aromatic nitrogens is 2. The molecule has 0 bridgehead atoms. The van der Waals surface area contributed by atoms with Crippen molar-refractivity contribution in [1.82, 2.24) is 14.9 Å². The molecule has 1 saturated heterocycles. The minimum atomic E-state index is 0.654. The van der Waals surface area contributed by atoms with Crippen LogP contribution in [0.1, 0.15) is 23.3 Å². The van der Waals surface area contributed by atoms with Crippen molar-refractivity contribution >= 4 is 28.8 Å². The number of hydrogen-bond acceptors (Lipinski definition) is 5. The van der Waals surface area contributed by atoms with Gasteiger partial charge in [0.15, 0.2) is 5.82 Å². The smallest absolute Gasteiger partial charge is 0.150 e. The van der Waals surface area contributed by atoms with Crippen LogP contribution in [0.25, 0.3) is 0 Å². The van der Waals surface area contributed by atoms with Crippen LogP contribution in [-0.2, 0) is 13.0 Å². The van der Waals surface area contributed by atoms with Crippen molar-refractivity contribution in [3.05, 3.63) is 39.4 Å². The van der Waals surface area contributed by atoms with Crippen molar-refractivity contribution in [2.24, 2.45) is 0 Å². The molecule has 0 aliphatic carbocycles. The van der Waals surface area contributed by atoms with Crippen molar-refractivity contribution in [1.29, 1.82) is 0 Å². The van der Waals surface area contributed by atoms with E-state index in [9.17, 15) is 0 Å². The number of anilines is 1. The van der Waals surface area contributed by atoms with Crippen LogP contribution < -0.4 is 4.90 Å². The molecule has 4 nitrogen and oxygen atoms in total. The number of halogens is 1. The normalized spacial score (nSPS) is 20.1.